The molecule has 4 aromatic heterocycles. The average Bonchev–Trinajstić information content (AvgIpc) is 3.60. The minimum Gasteiger partial charge on any atom is -0.383 e. The molecule has 0 saturated carbocycles. The number of aromatic nitrogens is 6. The normalized spacial score (nSPS) is 15.8. The molecule has 1 atom stereocenters. The molecule has 0 aromatic carbocycles. The zero-order valence-electron chi connectivity index (χ0n) is 18.4. The molecule has 1 unspecified atom stereocenters. The van der Waals surface area contributed by atoms with E-state index in [-0.39, 0.29) is 6.04 Å². The summed E-state index contributed by atoms with van der Waals surface area (Å²) in [5, 5.41) is 20.8. The second-order valence-corrected chi connectivity index (χ2v) is 8.62. The zero-order chi connectivity index (χ0) is 22.6. The topological polar surface area (TPSA) is 130 Å². The summed E-state index contributed by atoms with van der Waals surface area (Å²) in [5.74, 6) is 3.45. The molecule has 1 saturated heterocycles. The fourth-order valence-corrected chi connectivity index (χ4v) is 4.40. The van der Waals surface area contributed by atoms with Gasteiger partial charge in [0, 0.05) is 55.7 Å². The molecule has 5 rings (SSSR count). The first-order valence-electron chi connectivity index (χ1n) is 10.7. The van der Waals surface area contributed by atoms with Crippen LogP contribution in [0.3, 0.4) is 0 Å². The fraction of sp³-hybridized carbons (Fsp3) is 0.381. The van der Waals surface area contributed by atoms with Crippen molar-refractivity contribution in [2.75, 3.05) is 42.3 Å². The number of nitrogens with zero attached hydrogens (tertiary/aromatic N) is 6. The summed E-state index contributed by atoms with van der Waals surface area (Å²) in [4.78, 5) is 16.0. The lowest BCUT2D eigenvalue weighted by molar-refractivity contribution is 0.210. The van der Waals surface area contributed by atoms with Crippen molar-refractivity contribution in [2.24, 2.45) is 0 Å². The van der Waals surface area contributed by atoms with Gasteiger partial charge in [0.25, 0.3) is 0 Å². The predicted molar refractivity (Wildman–Crippen MR) is 126 cm³/mol. The number of hydrogen-bond donors (Lipinski definition) is 3. The van der Waals surface area contributed by atoms with Crippen molar-refractivity contribution < 1.29 is 9.26 Å². The van der Waals surface area contributed by atoms with E-state index in [1.54, 1.807) is 13.3 Å². The molecule has 33 heavy (non-hydrogen) atoms. The van der Waals surface area contributed by atoms with Gasteiger partial charge in [-0.25, -0.2) is 4.98 Å². The number of H-pyrrole nitrogens is 1. The first-order chi connectivity index (χ1) is 16.2. The fourth-order valence-electron chi connectivity index (χ4n) is 3.81. The molecule has 1 aliphatic heterocycles. The number of nitrogens with one attached hydrogen (secondary N) is 3. The van der Waals surface area contributed by atoms with Crippen molar-refractivity contribution in [3.8, 4) is 10.7 Å². The Kier molecular flexibility index (Phi) is 6.17. The van der Waals surface area contributed by atoms with Crippen LogP contribution in [0.2, 0.25) is 0 Å². The maximum Gasteiger partial charge on any atom is 0.229 e. The molecule has 1 fully saturated rings. The van der Waals surface area contributed by atoms with Gasteiger partial charge in [-0.2, -0.15) is 15.1 Å². The number of anilines is 4. The molecule has 1 aliphatic rings. The van der Waals surface area contributed by atoms with E-state index >= 15 is 0 Å². The maximum absolute atomic E-state index is 5.72. The zero-order valence-corrected chi connectivity index (χ0v) is 19.2. The first kappa shape index (κ1) is 21.3. The van der Waals surface area contributed by atoms with Crippen LogP contribution in [0.25, 0.3) is 10.7 Å². The van der Waals surface area contributed by atoms with E-state index in [2.05, 4.69) is 35.9 Å². The first-order valence-corrected chi connectivity index (χ1v) is 11.6. The highest BCUT2D eigenvalue weighted by Gasteiger charge is 2.32. The highest BCUT2D eigenvalue weighted by molar-refractivity contribution is 7.13. The van der Waals surface area contributed by atoms with Crippen LogP contribution in [0.15, 0.2) is 34.3 Å². The molecule has 12 heteroatoms. The van der Waals surface area contributed by atoms with Gasteiger partial charge in [-0.15, -0.1) is 11.3 Å². The third-order valence-electron chi connectivity index (χ3n) is 5.31. The lowest BCUT2D eigenvalue weighted by atomic mass is 10.1. The number of ether oxygens (including phenoxy) is 1. The Balaban J connectivity index is 1.43. The van der Waals surface area contributed by atoms with Crippen LogP contribution >= 0.6 is 11.3 Å². The Labute approximate surface area is 194 Å². The predicted octanol–water partition coefficient (Wildman–Crippen LogP) is 3.76. The van der Waals surface area contributed by atoms with Crippen LogP contribution in [-0.4, -0.2) is 57.1 Å². The molecule has 0 amide bonds. The Bertz CT molecular complexity index is 1190. The summed E-state index contributed by atoms with van der Waals surface area (Å²) < 4.78 is 10.9. The van der Waals surface area contributed by atoms with Gasteiger partial charge >= 0.3 is 0 Å². The lowest BCUT2D eigenvalue weighted by Gasteiger charge is -2.23. The Hall–Kier alpha value is -3.51. The molecule has 5 heterocycles. The largest absolute Gasteiger partial charge is 0.383 e. The quantitative estimate of drug-likeness (QED) is 0.313. The lowest BCUT2D eigenvalue weighted by Crippen LogP contribution is -2.25. The molecule has 0 spiro atoms. The van der Waals surface area contributed by atoms with Crippen molar-refractivity contribution in [3.63, 3.8) is 0 Å². The maximum atomic E-state index is 5.72. The van der Waals surface area contributed by atoms with Gasteiger partial charge in [0.15, 0.2) is 11.6 Å². The number of aromatic amines is 1. The third kappa shape index (κ3) is 4.81. The third-order valence-corrected chi connectivity index (χ3v) is 6.10. The second-order valence-electron chi connectivity index (χ2n) is 7.72. The Morgan fingerprint density at radius 3 is 2.94 bits per heavy atom. The number of aryl methyl sites for hydroxylation is 1. The molecule has 0 radical (unpaired) electrons. The van der Waals surface area contributed by atoms with Gasteiger partial charge in [-0.3, -0.25) is 5.10 Å². The monoisotopic (exact) mass is 467 g/mol. The van der Waals surface area contributed by atoms with Crippen molar-refractivity contribution in [1.29, 1.82) is 0 Å². The van der Waals surface area contributed by atoms with E-state index in [1.165, 1.54) is 11.3 Å². The number of methoxy groups -OCH3 is 1. The summed E-state index contributed by atoms with van der Waals surface area (Å²) in [6.45, 7) is 3.98. The standard InChI is InChI=1S/C21H25N9O2S/c1-13-10-19(28-27-13)24-18-12-17(22-5-8-31-2)25-21(26-18)30-7-3-4-15(30)16-11-14(29-32-16)20-23-6-9-33-20/h6,9-12,15H,3-5,7-8H2,1-2H3,(H3,22,24,25,26,27,28). The van der Waals surface area contributed by atoms with Crippen LogP contribution < -0.4 is 15.5 Å². The Morgan fingerprint density at radius 2 is 2.15 bits per heavy atom. The van der Waals surface area contributed by atoms with Gasteiger partial charge in [-0.1, -0.05) is 5.16 Å². The van der Waals surface area contributed by atoms with E-state index in [0.717, 1.165) is 41.5 Å². The van der Waals surface area contributed by atoms with E-state index in [0.29, 0.717) is 36.6 Å². The van der Waals surface area contributed by atoms with Gasteiger partial charge in [0.2, 0.25) is 5.95 Å². The molecular weight excluding hydrogens is 442 g/mol. The average molecular weight is 468 g/mol. The highest BCUT2D eigenvalue weighted by Crippen LogP contribution is 2.37. The minimum absolute atomic E-state index is 0.000848. The van der Waals surface area contributed by atoms with E-state index in [9.17, 15) is 0 Å². The van der Waals surface area contributed by atoms with Crippen LogP contribution in [0, 0.1) is 6.92 Å². The van der Waals surface area contributed by atoms with Crippen molar-refractivity contribution in [2.45, 2.75) is 25.8 Å². The second kappa shape index (κ2) is 9.55. The van der Waals surface area contributed by atoms with Crippen LogP contribution in [0.5, 0.6) is 0 Å². The smallest absolute Gasteiger partial charge is 0.229 e. The van der Waals surface area contributed by atoms with Gasteiger partial charge in [0.1, 0.15) is 22.3 Å². The van der Waals surface area contributed by atoms with Crippen molar-refractivity contribution in [3.05, 3.63) is 41.2 Å². The SMILES string of the molecule is COCCNc1cc(Nc2cc(C)[nH]n2)nc(N2CCCC2c2cc(-c3nccs3)no2)n1. The Morgan fingerprint density at radius 1 is 1.24 bits per heavy atom. The molecule has 172 valence electrons. The molecule has 11 nitrogen and oxygen atoms in total. The highest BCUT2D eigenvalue weighted by atomic mass is 32.1. The summed E-state index contributed by atoms with van der Waals surface area (Å²) in [7, 11) is 1.67. The van der Waals surface area contributed by atoms with Crippen LogP contribution in [0.4, 0.5) is 23.4 Å². The molecular formula is C21H25N9O2S. The summed E-state index contributed by atoms with van der Waals surface area (Å²) in [6, 6.07) is 5.76. The van der Waals surface area contributed by atoms with E-state index < -0.39 is 0 Å². The number of thiazole rings is 1. The molecule has 0 aliphatic carbocycles. The number of hydrogen-bond acceptors (Lipinski definition) is 11. The molecule has 3 N–H and O–H groups in total. The molecule has 0 bridgehead atoms. The number of rotatable bonds is 9. The van der Waals surface area contributed by atoms with Crippen LogP contribution in [0.1, 0.15) is 30.3 Å². The van der Waals surface area contributed by atoms with Gasteiger partial charge < -0.3 is 24.8 Å². The van der Waals surface area contributed by atoms with Crippen molar-refractivity contribution >= 4 is 34.7 Å². The van der Waals surface area contributed by atoms with E-state index in [4.69, 9.17) is 19.2 Å². The van der Waals surface area contributed by atoms with Crippen molar-refractivity contribution in [1.82, 2.24) is 30.3 Å². The van der Waals surface area contributed by atoms with E-state index in [1.807, 2.05) is 30.5 Å². The van der Waals surface area contributed by atoms with Crippen LogP contribution in [-0.2, 0) is 4.74 Å². The minimum atomic E-state index is 0.000848. The summed E-state index contributed by atoms with van der Waals surface area (Å²) >= 11 is 1.54. The van der Waals surface area contributed by atoms with Gasteiger partial charge in [0.05, 0.1) is 12.6 Å². The molecule has 4 aromatic rings. The summed E-state index contributed by atoms with van der Waals surface area (Å²) in [6.07, 6.45) is 3.70. The van der Waals surface area contributed by atoms with Gasteiger partial charge in [-0.05, 0) is 19.8 Å². The summed E-state index contributed by atoms with van der Waals surface area (Å²) in [5.41, 5.74) is 1.71.